The number of halogens is 3. The highest BCUT2D eigenvalue weighted by molar-refractivity contribution is 7.98. The molecule has 0 amide bonds. The molecule has 0 aliphatic heterocycles. The van der Waals surface area contributed by atoms with E-state index >= 15 is 0 Å². The van der Waals surface area contributed by atoms with Crippen LogP contribution in [0.15, 0.2) is 29.2 Å². The zero-order chi connectivity index (χ0) is 10.8. The molecule has 0 N–H and O–H groups in total. The number of thioether (sulfide) groups is 1. The predicted molar refractivity (Wildman–Crippen MR) is 52.7 cm³/mol. The third-order valence-corrected chi connectivity index (χ3v) is 2.61. The third kappa shape index (κ3) is 2.35. The first-order valence-electron chi connectivity index (χ1n) is 3.90. The second-order valence-electron chi connectivity index (χ2n) is 2.70. The molecule has 0 unspecified atom stereocenters. The molecule has 0 fully saturated rings. The van der Waals surface area contributed by atoms with Gasteiger partial charge in [-0.05, 0) is 18.4 Å². The number of alkyl halides is 3. The van der Waals surface area contributed by atoms with Crippen molar-refractivity contribution in [1.29, 1.82) is 0 Å². The third-order valence-electron chi connectivity index (χ3n) is 1.83. The second-order valence-corrected chi connectivity index (χ2v) is 3.55. The van der Waals surface area contributed by atoms with E-state index in [9.17, 15) is 13.2 Å². The van der Waals surface area contributed by atoms with Crippen LogP contribution in [0.4, 0.5) is 18.9 Å². The molecular weight excluding hydrogens is 211 g/mol. The largest absolute Gasteiger partial charge is 0.484 e. The van der Waals surface area contributed by atoms with Crippen molar-refractivity contribution in [2.45, 2.75) is 11.2 Å². The maximum Gasteiger partial charge on any atom is 0.484 e. The van der Waals surface area contributed by atoms with Crippen molar-refractivity contribution >= 4 is 17.4 Å². The summed E-state index contributed by atoms with van der Waals surface area (Å²) in [5.41, 5.74) is 0.188. The molecule has 0 spiro atoms. The minimum absolute atomic E-state index is 0.188. The molecule has 14 heavy (non-hydrogen) atoms. The molecule has 0 aliphatic carbocycles. The molecule has 1 aromatic rings. The highest BCUT2D eigenvalue weighted by Crippen LogP contribution is 2.33. The van der Waals surface area contributed by atoms with Gasteiger partial charge >= 0.3 is 6.30 Å². The molecule has 1 nitrogen and oxygen atoms in total. The van der Waals surface area contributed by atoms with E-state index in [2.05, 4.69) is 0 Å². The highest BCUT2D eigenvalue weighted by Gasteiger charge is 2.35. The Morgan fingerprint density at radius 2 is 1.79 bits per heavy atom. The summed E-state index contributed by atoms with van der Waals surface area (Å²) < 4.78 is 37.1. The standard InChI is InChI=1S/C9H10F3NS/c1-13(9(10,11)12)7-5-3-4-6-8(7)14-2/h3-6H,1-2H3. The van der Waals surface area contributed by atoms with Crippen LogP contribution in [-0.2, 0) is 0 Å². The lowest BCUT2D eigenvalue weighted by Crippen LogP contribution is -2.34. The average Bonchev–Trinajstić information content (AvgIpc) is 2.15. The summed E-state index contributed by atoms with van der Waals surface area (Å²) in [6.07, 6.45) is -2.57. The molecule has 0 aromatic heterocycles. The van der Waals surface area contributed by atoms with Crippen LogP contribution in [0.2, 0.25) is 0 Å². The molecule has 0 saturated carbocycles. The molecule has 0 aliphatic rings. The summed E-state index contributed by atoms with van der Waals surface area (Å²) >= 11 is 1.30. The summed E-state index contributed by atoms with van der Waals surface area (Å²) in [4.78, 5) is 0.936. The number of hydrogen-bond donors (Lipinski definition) is 0. The molecule has 1 aromatic carbocycles. The molecule has 5 heteroatoms. The van der Waals surface area contributed by atoms with Gasteiger partial charge in [0.2, 0.25) is 0 Å². The number of hydrogen-bond acceptors (Lipinski definition) is 2. The van der Waals surface area contributed by atoms with Crippen LogP contribution in [0.25, 0.3) is 0 Å². The van der Waals surface area contributed by atoms with Gasteiger partial charge < -0.3 is 0 Å². The van der Waals surface area contributed by atoms with E-state index in [1.807, 2.05) is 0 Å². The fourth-order valence-electron chi connectivity index (χ4n) is 1.04. The molecule has 78 valence electrons. The molecule has 0 radical (unpaired) electrons. The van der Waals surface area contributed by atoms with E-state index < -0.39 is 6.30 Å². The van der Waals surface area contributed by atoms with Crippen molar-refractivity contribution in [2.24, 2.45) is 0 Å². The second kappa shape index (κ2) is 4.13. The van der Waals surface area contributed by atoms with Gasteiger partial charge in [0.1, 0.15) is 0 Å². The summed E-state index contributed by atoms with van der Waals surface area (Å²) in [5, 5.41) is 0. The van der Waals surface area contributed by atoms with Crippen LogP contribution < -0.4 is 4.90 Å². The fourth-order valence-corrected chi connectivity index (χ4v) is 1.67. The number of rotatable bonds is 2. The van der Waals surface area contributed by atoms with Gasteiger partial charge in [0.15, 0.2) is 0 Å². The number of anilines is 1. The van der Waals surface area contributed by atoms with Gasteiger partial charge in [-0.1, -0.05) is 12.1 Å². The van der Waals surface area contributed by atoms with E-state index in [4.69, 9.17) is 0 Å². The topological polar surface area (TPSA) is 3.24 Å². The van der Waals surface area contributed by atoms with Crippen molar-refractivity contribution in [3.05, 3.63) is 24.3 Å². The smallest absolute Gasteiger partial charge is 0.286 e. The summed E-state index contributed by atoms with van der Waals surface area (Å²) in [5.74, 6) is 0. The Balaban J connectivity index is 3.06. The minimum atomic E-state index is -4.33. The van der Waals surface area contributed by atoms with E-state index in [0.717, 1.165) is 7.05 Å². The number of benzene rings is 1. The average molecular weight is 221 g/mol. The molecule has 0 atom stereocenters. The van der Waals surface area contributed by atoms with Crippen molar-refractivity contribution in [1.82, 2.24) is 0 Å². The first kappa shape index (κ1) is 11.2. The van der Waals surface area contributed by atoms with Gasteiger partial charge in [-0.3, -0.25) is 4.90 Å². The number of para-hydroxylation sites is 1. The van der Waals surface area contributed by atoms with Crippen molar-refractivity contribution in [3.8, 4) is 0 Å². The SMILES string of the molecule is CSc1ccccc1N(C)C(F)(F)F. The van der Waals surface area contributed by atoms with Crippen LogP contribution in [0.1, 0.15) is 0 Å². The van der Waals surface area contributed by atoms with Crippen LogP contribution in [0, 0.1) is 0 Å². The van der Waals surface area contributed by atoms with Gasteiger partial charge in [0, 0.05) is 11.9 Å². The van der Waals surface area contributed by atoms with E-state index in [1.165, 1.54) is 17.8 Å². The highest BCUT2D eigenvalue weighted by atomic mass is 32.2. The lowest BCUT2D eigenvalue weighted by atomic mass is 10.3. The van der Waals surface area contributed by atoms with Crippen LogP contribution >= 0.6 is 11.8 Å². The molecule has 0 saturated heterocycles. The van der Waals surface area contributed by atoms with Gasteiger partial charge in [0.05, 0.1) is 5.69 Å². The first-order valence-corrected chi connectivity index (χ1v) is 5.13. The van der Waals surface area contributed by atoms with Crippen molar-refractivity contribution in [3.63, 3.8) is 0 Å². The molecule has 1 rings (SSSR count). The summed E-state index contributed by atoms with van der Waals surface area (Å²) in [6, 6.07) is 6.44. The lowest BCUT2D eigenvalue weighted by Gasteiger charge is -2.23. The Morgan fingerprint density at radius 3 is 2.29 bits per heavy atom. The van der Waals surface area contributed by atoms with Gasteiger partial charge in [0.25, 0.3) is 0 Å². The van der Waals surface area contributed by atoms with Crippen molar-refractivity contribution < 1.29 is 13.2 Å². The Hall–Kier alpha value is -0.840. The van der Waals surface area contributed by atoms with Gasteiger partial charge in [-0.2, -0.15) is 13.2 Å². The monoisotopic (exact) mass is 221 g/mol. The predicted octanol–water partition coefficient (Wildman–Crippen LogP) is 3.36. The number of nitrogens with zero attached hydrogens (tertiary/aromatic N) is 1. The van der Waals surface area contributed by atoms with Gasteiger partial charge in [-0.25, -0.2) is 0 Å². The maximum atomic E-state index is 12.4. The normalized spacial score (nSPS) is 11.5. The van der Waals surface area contributed by atoms with E-state index in [-0.39, 0.29) is 5.69 Å². The van der Waals surface area contributed by atoms with E-state index in [0.29, 0.717) is 9.80 Å². The Morgan fingerprint density at radius 1 is 1.21 bits per heavy atom. The van der Waals surface area contributed by atoms with Crippen LogP contribution in [0.5, 0.6) is 0 Å². The summed E-state index contributed by atoms with van der Waals surface area (Å²) in [7, 11) is 1.02. The zero-order valence-electron chi connectivity index (χ0n) is 7.80. The van der Waals surface area contributed by atoms with Crippen LogP contribution in [0.3, 0.4) is 0 Å². The fraction of sp³-hybridized carbons (Fsp3) is 0.333. The van der Waals surface area contributed by atoms with Crippen molar-refractivity contribution in [2.75, 3.05) is 18.2 Å². The first-order chi connectivity index (χ1) is 6.46. The maximum absolute atomic E-state index is 12.4. The molecule has 0 heterocycles. The Bertz CT molecular complexity index is 311. The Labute approximate surface area is 84.9 Å². The Kier molecular flexibility index (Phi) is 3.31. The zero-order valence-corrected chi connectivity index (χ0v) is 8.62. The molecular formula is C9H10F3NS. The van der Waals surface area contributed by atoms with Crippen LogP contribution in [-0.4, -0.2) is 19.6 Å². The minimum Gasteiger partial charge on any atom is -0.286 e. The summed E-state index contributed by atoms with van der Waals surface area (Å²) in [6.45, 7) is 0. The van der Waals surface area contributed by atoms with E-state index in [1.54, 1.807) is 24.5 Å². The lowest BCUT2D eigenvalue weighted by molar-refractivity contribution is -0.125. The molecule has 0 bridgehead atoms. The quantitative estimate of drug-likeness (QED) is 0.556. The van der Waals surface area contributed by atoms with Gasteiger partial charge in [-0.15, -0.1) is 11.8 Å².